The summed E-state index contributed by atoms with van der Waals surface area (Å²) in [5.74, 6) is -0.663. The number of hydrogen-bond donors (Lipinski definition) is 1. The summed E-state index contributed by atoms with van der Waals surface area (Å²) in [6.45, 7) is 0. The molecule has 0 fully saturated rings. The van der Waals surface area contributed by atoms with Crippen molar-refractivity contribution >= 4 is 44.7 Å². The van der Waals surface area contributed by atoms with Crippen LogP contribution in [0.4, 0.5) is 5.69 Å². The summed E-state index contributed by atoms with van der Waals surface area (Å²) in [4.78, 5) is 28.3. The maximum atomic E-state index is 13.2. The maximum Gasteiger partial charge on any atom is 0.311 e. The Labute approximate surface area is 169 Å². The number of ketones is 1. The molecule has 0 atom stereocenters. The number of aromatic nitrogens is 1. The molecule has 4 aromatic rings. The van der Waals surface area contributed by atoms with Crippen molar-refractivity contribution in [3.63, 3.8) is 0 Å². The van der Waals surface area contributed by atoms with Gasteiger partial charge in [-0.15, -0.1) is 11.3 Å². The number of nitro groups is 1. The van der Waals surface area contributed by atoms with Gasteiger partial charge in [-0.25, -0.2) is 4.98 Å². The molecular formula is C22H14N2O4S. The number of benzene rings is 3. The SMILES string of the molecule is O=C(/C(=C/c1ccc(O)c([N+](=O)[O-])c1)c1nc2ccccc2s1)c1ccccc1. The summed E-state index contributed by atoms with van der Waals surface area (Å²) in [6.07, 6.45) is 1.57. The average molecular weight is 402 g/mol. The van der Waals surface area contributed by atoms with E-state index in [9.17, 15) is 20.0 Å². The number of carbonyl (C=O) groups is 1. The van der Waals surface area contributed by atoms with Gasteiger partial charge in [0.25, 0.3) is 0 Å². The van der Waals surface area contributed by atoms with E-state index < -0.39 is 16.4 Å². The van der Waals surface area contributed by atoms with Gasteiger partial charge in [0, 0.05) is 11.6 Å². The lowest BCUT2D eigenvalue weighted by atomic mass is 10.0. The Hall–Kier alpha value is -3.84. The Morgan fingerprint density at radius 3 is 2.48 bits per heavy atom. The standard InChI is InChI=1S/C22H14N2O4S/c25-19-11-10-14(13-18(19)24(27)28)12-16(21(26)15-6-2-1-3-7-15)22-23-17-8-4-5-9-20(17)29-22/h1-13,25H/b16-12-. The van der Waals surface area contributed by atoms with Gasteiger partial charge in [0.15, 0.2) is 11.5 Å². The van der Waals surface area contributed by atoms with Crippen LogP contribution in [0.15, 0.2) is 72.8 Å². The summed E-state index contributed by atoms with van der Waals surface area (Å²) >= 11 is 1.38. The molecule has 1 aromatic heterocycles. The lowest BCUT2D eigenvalue weighted by Gasteiger charge is -2.05. The second kappa shape index (κ2) is 7.65. The quantitative estimate of drug-likeness (QED) is 0.211. The number of thiazole rings is 1. The zero-order valence-electron chi connectivity index (χ0n) is 15.0. The molecule has 0 saturated carbocycles. The van der Waals surface area contributed by atoms with Crippen molar-refractivity contribution in [2.75, 3.05) is 0 Å². The second-order valence-corrected chi connectivity index (χ2v) is 7.28. The van der Waals surface area contributed by atoms with E-state index in [1.165, 1.54) is 29.5 Å². The van der Waals surface area contributed by atoms with Gasteiger partial charge in [-0.1, -0.05) is 48.5 Å². The molecule has 7 heteroatoms. The van der Waals surface area contributed by atoms with E-state index in [4.69, 9.17) is 0 Å². The Balaban J connectivity index is 1.88. The van der Waals surface area contributed by atoms with Crippen LogP contribution in [-0.4, -0.2) is 20.8 Å². The third kappa shape index (κ3) is 3.76. The Bertz CT molecular complexity index is 1230. The van der Waals surface area contributed by atoms with Crippen molar-refractivity contribution in [1.82, 2.24) is 4.98 Å². The van der Waals surface area contributed by atoms with Gasteiger partial charge in [-0.3, -0.25) is 14.9 Å². The number of aromatic hydroxyl groups is 1. The molecule has 0 aliphatic heterocycles. The van der Waals surface area contributed by atoms with Crippen LogP contribution in [0.3, 0.4) is 0 Å². The van der Waals surface area contributed by atoms with Crippen molar-refractivity contribution in [1.29, 1.82) is 0 Å². The minimum atomic E-state index is -0.664. The minimum Gasteiger partial charge on any atom is -0.502 e. The van der Waals surface area contributed by atoms with Crippen molar-refractivity contribution in [2.45, 2.75) is 0 Å². The third-order valence-electron chi connectivity index (χ3n) is 4.31. The van der Waals surface area contributed by atoms with E-state index in [0.29, 0.717) is 21.7 Å². The number of nitro benzene ring substituents is 1. The predicted octanol–water partition coefficient (Wildman–Crippen LogP) is 5.33. The molecule has 1 N–H and O–H groups in total. The van der Waals surface area contributed by atoms with E-state index in [-0.39, 0.29) is 5.78 Å². The Morgan fingerprint density at radius 1 is 1.03 bits per heavy atom. The normalized spacial score (nSPS) is 11.5. The molecule has 1 heterocycles. The Morgan fingerprint density at radius 2 is 1.76 bits per heavy atom. The molecule has 0 aliphatic carbocycles. The number of allylic oxidation sites excluding steroid dienone is 1. The molecular weight excluding hydrogens is 388 g/mol. The molecule has 29 heavy (non-hydrogen) atoms. The van der Waals surface area contributed by atoms with E-state index in [2.05, 4.69) is 4.98 Å². The predicted molar refractivity (Wildman–Crippen MR) is 113 cm³/mol. The highest BCUT2D eigenvalue weighted by Gasteiger charge is 2.20. The van der Waals surface area contributed by atoms with Gasteiger partial charge in [0.1, 0.15) is 5.01 Å². The first kappa shape index (κ1) is 18.5. The van der Waals surface area contributed by atoms with E-state index in [1.807, 2.05) is 30.3 Å². The first-order chi connectivity index (χ1) is 14.0. The molecule has 3 aromatic carbocycles. The molecule has 4 rings (SSSR count). The Kier molecular flexibility index (Phi) is 4.88. The maximum absolute atomic E-state index is 13.2. The van der Waals surface area contributed by atoms with Crippen LogP contribution in [-0.2, 0) is 0 Å². The smallest absolute Gasteiger partial charge is 0.311 e. The number of Topliss-reactive ketones (excluding diaryl/α,β-unsaturated/α-hetero) is 1. The number of nitrogens with zero attached hydrogens (tertiary/aromatic N) is 2. The molecule has 0 unspecified atom stereocenters. The average Bonchev–Trinajstić information content (AvgIpc) is 3.17. The fraction of sp³-hybridized carbons (Fsp3) is 0. The van der Waals surface area contributed by atoms with Crippen LogP contribution < -0.4 is 0 Å². The van der Waals surface area contributed by atoms with Gasteiger partial charge in [-0.2, -0.15) is 0 Å². The zero-order valence-corrected chi connectivity index (χ0v) is 15.8. The summed E-state index contributed by atoms with van der Waals surface area (Å²) in [6, 6.07) is 20.4. The third-order valence-corrected chi connectivity index (χ3v) is 5.38. The van der Waals surface area contributed by atoms with E-state index in [1.54, 1.807) is 30.3 Å². The van der Waals surface area contributed by atoms with Gasteiger partial charge in [0.05, 0.1) is 20.7 Å². The molecule has 142 valence electrons. The minimum absolute atomic E-state index is 0.236. The lowest BCUT2D eigenvalue weighted by Crippen LogP contribution is -2.02. The van der Waals surface area contributed by atoms with Crippen LogP contribution >= 0.6 is 11.3 Å². The highest BCUT2D eigenvalue weighted by Crippen LogP contribution is 2.32. The molecule has 0 radical (unpaired) electrons. The van der Waals surface area contributed by atoms with Crippen LogP contribution in [0.2, 0.25) is 0 Å². The second-order valence-electron chi connectivity index (χ2n) is 6.25. The number of hydrogen-bond acceptors (Lipinski definition) is 6. The number of phenolic OH excluding ortho intramolecular Hbond substituents is 1. The summed E-state index contributed by atoms with van der Waals surface area (Å²) in [7, 11) is 0. The molecule has 0 saturated heterocycles. The first-order valence-corrected chi connectivity index (χ1v) is 9.49. The monoisotopic (exact) mass is 402 g/mol. The molecule has 0 amide bonds. The highest BCUT2D eigenvalue weighted by atomic mass is 32.1. The van der Waals surface area contributed by atoms with Crippen LogP contribution in [0, 0.1) is 10.1 Å². The van der Waals surface area contributed by atoms with Crippen LogP contribution in [0.1, 0.15) is 20.9 Å². The van der Waals surface area contributed by atoms with Crippen molar-refractivity contribution < 1.29 is 14.8 Å². The number of fused-ring (bicyclic) bond motifs is 1. The number of rotatable bonds is 5. The summed E-state index contributed by atoms with van der Waals surface area (Å²) < 4.78 is 0.936. The van der Waals surface area contributed by atoms with Crippen LogP contribution in [0.5, 0.6) is 5.75 Å². The summed E-state index contributed by atoms with van der Waals surface area (Å²) in [5, 5.41) is 21.4. The number of para-hydroxylation sites is 1. The van der Waals surface area contributed by atoms with Crippen LogP contribution in [0.25, 0.3) is 21.9 Å². The van der Waals surface area contributed by atoms with Gasteiger partial charge in [0.2, 0.25) is 0 Å². The molecule has 6 nitrogen and oxygen atoms in total. The van der Waals surface area contributed by atoms with Crippen molar-refractivity contribution in [3.05, 3.63) is 99.0 Å². The lowest BCUT2D eigenvalue weighted by molar-refractivity contribution is -0.385. The number of carbonyl (C=O) groups excluding carboxylic acids is 1. The fourth-order valence-electron chi connectivity index (χ4n) is 2.90. The molecule has 0 spiro atoms. The van der Waals surface area contributed by atoms with Gasteiger partial charge >= 0.3 is 5.69 Å². The largest absolute Gasteiger partial charge is 0.502 e. The van der Waals surface area contributed by atoms with E-state index >= 15 is 0 Å². The van der Waals surface area contributed by atoms with Crippen molar-refractivity contribution in [3.8, 4) is 5.75 Å². The van der Waals surface area contributed by atoms with E-state index in [0.717, 1.165) is 10.2 Å². The van der Waals surface area contributed by atoms with Gasteiger partial charge in [-0.05, 0) is 29.8 Å². The topological polar surface area (TPSA) is 93.3 Å². The summed E-state index contributed by atoms with van der Waals surface area (Å²) in [5.41, 5.74) is 1.60. The van der Waals surface area contributed by atoms with Gasteiger partial charge < -0.3 is 5.11 Å². The molecule has 0 aliphatic rings. The highest BCUT2D eigenvalue weighted by molar-refractivity contribution is 7.20. The zero-order chi connectivity index (χ0) is 20.4. The fourth-order valence-corrected chi connectivity index (χ4v) is 3.88. The van der Waals surface area contributed by atoms with Crippen molar-refractivity contribution in [2.24, 2.45) is 0 Å². The molecule has 0 bridgehead atoms. The first-order valence-electron chi connectivity index (χ1n) is 8.68. The number of phenols is 1.